The molecular weight excluding hydrogens is 272 g/mol. The van der Waals surface area contributed by atoms with E-state index < -0.39 is 5.91 Å². The van der Waals surface area contributed by atoms with E-state index in [9.17, 15) is 9.59 Å². The minimum Gasteiger partial charge on any atom is -0.294 e. The molecule has 0 saturated carbocycles. The minimum atomic E-state index is -0.424. The van der Waals surface area contributed by atoms with Gasteiger partial charge in [0.05, 0.1) is 12.1 Å². The Morgan fingerprint density at radius 1 is 1.33 bits per heavy atom. The van der Waals surface area contributed by atoms with Crippen molar-refractivity contribution in [3.63, 3.8) is 0 Å². The van der Waals surface area contributed by atoms with E-state index >= 15 is 0 Å². The Morgan fingerprint density at radius 2 is 2.10 bits per heavy atom. The minimum absolute atomic E-state index is 0.0836. The van der Waals surface area contributed by atoms with Crippen LogP contribution in [0.5, 0.6) is 0 Å². The van der Waals surface area contributed by atoms with Crippen LogP contribution in [0.2, 0.25) is 0 Å². The van der Waals surface area contributed by atoms with E-state index in [2.05, 4.69) is 15.3 Å². The van der Waals surface area contributed by atoms with Crippen molar-refractivity contribution in [2.75, 3.05) is 0 Å². The first kappa shape index (κ1) is 13.0. The molecule has 0 bridgehead atoms. The third-order valence-electron chi connectivity index (χ3n) is 3.02. The number of rotatable bonds is 3. The summed E-state index contributed by atoms with van der Waals surface area (Å²) in [4.78, 5) is 23.2. The third-order valence-corrected chi connectivity index (χ3v) is 3.02. The molecule has 21 heavy (non-hydrogen) atoms. The van der Waals surface area contributed by atoms with Crippen molar-refractivity contribution in [1.82, 2.24) is 25.2 Å². The van der Waals surface area contributed by atoms with Gasteiger partial charge >= 0.3 is 0 Å². The number of carbonyl (C=O) groups excluding carboxylic acids is 1. The molecule has 8 heteroatoms. The fraction of sp³-hybridized carbons (Fsp3) is 0.0769. The van der Waals surface area contributed by atoms with Gasteiger partial charge in [-0.15, -0.1) is 0 Å². The van der Waals surface area contributed by atoms with Crippen LogP contribution in [0.3, 0.4) is 0 Å². The molecule has 3 aromatic rings. The normalized spacial score (nSPS) is 10.7. The van der Waals surface area contributed by atoms with E-state index in [0.29, 0.717) is 17.0 Å². The van der Waals surface area contributed by atoms with E-state index in [4.69, 9.17) is 5.84 Å². The van der Waals surface area contributed by atoms with Crippen molar-refractivity contribution in [3.05, 3.63) is 52.6 Å². The number of nitrogens with two attached hydrogens (primary N) is 1. The van der Waals surface area contributed by atoms with Crippen molar-refractivity contribution in [3.8, 4) is 11.3 Å². The second-order valence-electron chi connectivity index (χ2n) is 4.41. The molecule has 2 heterocycles. The molecular formula is C13H12N6O2. The van der Waals surface area contributed by atoms with Crippen LogP contribution in [-0.4, -0.2) is 25.7 Å². The van der Waals surface area contributed by atoms with Crippen molar-refractivity contribution in [2.24, 2.45) is 5.84 Å². The second-order valence-corrected chi connectivity index (χ2v) is 4.41. The summed E-state index contributed by atoms with van der Waals surface area (Å²) < 4.78 is 1.36. The molecule has 3 rings (SSSR count). The number of hydrazine groups is 1. The number of benzene rings is 1. The number of hydrogen-bond donors (Lipinski definition) is 3. The summed E-state index contributed by atoms with van der Waals surface area (Å²) in [5.74, 6) is 4.94. The molecule has 0 aliphatic rings. The molecule has 1 aromatic carbocycles. The number of hydrogen-bond acceptors (Lipinski definition) is 5. The van der Waals surface area contributed by atoms with Crippen LogP contribution in [0.1, 0.15) is 5.82 Å². The first-order chi connectivity index (χ1) is 10.2. The maximum absolute atomic E-state index is 11.8. The Labute approximate surface area is 118 Å². The zero-order valence-electron chi connectivity index (χ0n) is 10.9. The lowest BCUT2D eigenvalue weighted by Gasteiger charge is -2.01. The molecule has 0 fully saturated rings. The molecule has 0 unspecified atom stereocenters. The Morgan fingerprint density at radius 3 is 2.81 bits per heavy atom. The highest BCUT2D eigenvalue weighted by atomic mass is 16.2. The van der Waals surface area contributed by atoms with Gasteiger partial charge in [0.1, 0.15) is 5.52 Å². The summed E-state index contributed by atoms with van der Waals surface area (Å²) in [6, 6.07) is 11.1. The third kappa shape index (κ3) is 2.39. The van der Waals surface area contributed by atoms with Crippen LogP contribution in [0.15, 0.2) is 41.2 Å². The summed E-state index contributed by atoms with van der Waals surface area (Å²) in [6.07, 6.45) is -0.0836. The number of nitrogens with zero attached hydrogens (tertiary/aromatic N) is 3. The van der Waals surface area contributed by atoms with E-state index in [1.54, 1.807) is 6.07 Å². The zero-order chi connectivity index (χ0) is 14.8. The predicted octanol–water partition coefficient (Wildman–Crippen LogP) is -0.383. The molecule has 0 saturated heterocycles. The van der Waals surface area contributed by atoms with E-state index in [-0.39, 0.29) is 12.0 Å². The van der Waals surface area contributed by atoms with Crippen molar-refractivity contribution < 1.29 is 4.79 Å². The maximum Gasteiger partial charge on any atom is 0.290 e. The molecule has 0 radical (unpaired) electrons. The predicted molar refractivity (Wildman–Crippen MR) is 75.1 cm³/mol. The van der Waals surface area contributed by atoms with Crippen molar-refractivity contribution in [2.45, 2.75) is 6.42 Å². The highest BCUT2D eigenvalue weighted by molar-refractivity contribution is 5.77. The molecule has 0 aliphatic heterocycles. The number of aromatic amines is 1. The van der Waals surface area contributed by atoms with Crippen molar-refractivity contribution >= 4 is 11.4 Å². The van der Waals surface area contributed by atoms with Crippen molar-refractivity contribution in [1.29, 1.82) is 0 Å². The Balaban J connectivity index is 2.16. The Kier molecular flexibility index (Phi) is 3.20. The number of nitrogens with one attached hydrogen (secondary N) is 2. The smallest absolute Gasteiger partial charge is 0.290 e. The Hall–Kier alpha value is -3.00. The lowest BCUT2D eigenvalue weighted by molar-refractivity contribution is -0.120. The van der Waals surface area contributed by atoms with Gasteiger partial charge in [0.25, 0.3) is 5.56 Å². The largest absolute Gasteiger partial charge is 0.294 e. The number of amides is 1. The van der Waals surface area contributed by atoms with E-state index in [1.807, 2.05) is 35.8 Å². The summed E-state index contributed by atoms with van der Waals surface area (Å²) in [6.45, 7) is 0. The van der Waals surface area contributed by atoms with Gasteiger partial charge < -0.3 is 0 Å². The van der Waals surface area contributed by atoms with E-state index in [1.165, 1.54) is 4.52 Å². The highest BCUT2D eigenvalue weighted by Gasteiger charge is 2.13. The summed E-state index contributed by atoms with van der Waals surface area (Å²) >= 11 is 0. The Bertz CT molecular complexity index is 852. The van der Waals surface area contributed by atoms with Gasteiger partial charge in [-0.3, -0.25) is 15.0 Å². The van der Waals surface area contributed by atoms with Gasteiger partial charge in [-0.25, -0.2) is 15.5 Å². The summed E-state index contributed by atoms with van der Waals surface area (Å²) in [7, 11) is 0. The zero-order valence-corrected chi connectivity index (χ0v) is 10.9. The van der Waals surface area contributed by atoms with Gasteiger partial charge in [0.15, 0.2) is 5.82 Å². The average Bonchev–Trinajstić information content (AvgIpc) is 2.97. The molecule has 4 N–H and O–H groups in total. The first-order valence-corrected chi connectivity index (χ1v) is 6.21. The first-order valence-electron chi connectivity index (χ1n) is 6.21. The van der Waals surface area contributed by atoms with Crippen LogP contribution < -0.4 is 16.8 Å². The molecule has 8 nitrogen and oxygen atoms in total. The number of H-pyrrole nitrogens is 1. The molecule has 0 spiro atoms. The number of fused-ring (bicyclic) bond motifs is 1. The second kappa shape index (κ2) is 5.17. The number of carbonyl (C=O) groups is 1. The fourth-order valence-corrected chi connectivity index (χ4v) is 2.02. The lowest BCUT2D eigenvalue weighted by Crippen LogP contribution is -2.33. The molecule has 106 valence electrons. The van der Waals surface area contributed by atoms with Gasteiger partial charge in [-0.2, -0.15) is 10.2 Å². The molecule has 1 amide bonds. The topological polar surface area (TPSA) is 118 Å². The molecule has 0 aliphatic carbocycles. The van der Waals surface area contributed by atoms with Crippen LogP contribution in [0, 0.1) is 0 Å². The standard InChI is InChI=1S/C13H12N6O2/c14-15-12(20)7-11-16-17-13(21)10-6-9(18-19(10)11)8-4-2-1-3-5-8/h1-6H,7,14H2,(H,15,20)(H,17,21). The highest BCUT2D eigenvalue weighted by Crippen LogP contribution is 2.18. The SMILES string of the molecule is NNC(=O)Cc1n[nH]c(=O)c2cc(-c3ccccc3)nn12. The van der Waals surface area contributed by atoms with Crippen LogP contribution >= 0.6 is 0 Å². The van der Waals surface area contributed by atoms with Gasteiger partial charge in [-0.05, 0) is 6.07 Å². The monoisotopic (exact) mass is 284 g/mol. The van der Waals surface area contributed by atoms with Gasteiger partial charge in [-0.1, -0.05) is 30.3 Å². The molecule has 2 aromatic heterocycles. The molecule has 0 atom stereocenters. The lowest BCUT2D eigenvalue weighted by atomic mass is 10.1. The van der Waals surface area contributed by atoms with Crippen LogP contribution in [-0.2, 0) is 11.2 Å². The fourth-order valence-electron chi connectivity index (χ4n) is 2.02. The number of aromatic nitrogens is 4. The summed E-state index contributed by atoms with van der Waals surface area (Å²) in [5, 5.41) is 10.5. The quantitative estimate of drug-likeness (QED) is 0.344. The van der Waals surface area contributed by atoms with Crippen LogP contribution in [0.25, 0.3) is 16.8 Å². The maximum atomic E-state index is 11.8. The van der Waals surface area contributed by atoms with Gasteiger partial charge in [0, 0.05) is 5.56 Å². The van der Waals surface area contributed by atoms with Gasteiger partial charge in [0.2, 0.25) is 5.91 Å². The summed E-state index contributed by atoms with van der Waals surface area (Å²) in [5.41, 5.74) is 3.47. The van der Waals surface area contributed by atoms with Crippen LogP contribution in [0.4, 0.5) is 0 Å². The average molecular weight is 284 g/mol. The van der Waals surface area contributed by atoms with E-state index in [0.717, 1.165) is 5.56 Å².